The first kappa shape index (κ1) is 12.5. The predicted molar refractivity (Wildman–Crippen MR) is 61.5 cm³/mol. The first-order chi connectivity index (χ1) is 7.13. The van der Waals surface area contributed by atoms with Gasteiger partial charge in [-0.3, -0.25) is 4.79 Å². The number of ether oxygens (including phenoxy) is 1. The second kappa shape index (κ2) is 6.12. The molecule has 0 unspecified atom stereocenters. The molecule has 1 rings (SSSR count). The lowest BCUT2D eigenvalue weighted by Crippen LogP contribution is -2.06. The SMILES string of the molecule is CCOC(=O)CSc1ccc(F)c(Br)c1. The summed E-state index contributed by atoms with van der Waals surface area (Å²) in [5.41, 5.74) is 0. The van der Waals surface area contributed by atoms with Gasteiger partial charge in [-0.2, -0.15) is 0 Å². The van der Waals surface area contributed by atoms with Gasteiger partial charge in [0.2, 0.25) is 0 Å². The Hall–Kier alpha value is -0.550. The van der Waals surface area contributed by atoms with Crippen LogP contribution in [0.4, 0.5) is 4.39 Å². The van der Waals surface area contributed by atoms with Gasteiger partial charge in [0.1, 0.15) is 5.82 Å². The van der Waals surface area contributed by atoms with Gasteiger partial charge in [-0.25, -0.2) is 4.39 Å². The van der Waals surface area contributed by atoms with Crippen LogP contribution in [-0.2, 0) is 9.53 Å². The van der Waals surface area contributed by atoms with Crippen molar-refractivity contribution >= 4 is 33.7 Å². The van der Waals surface area contributed by atoms with Gasteiger partial charge >= 0.3 is 5.97 Å². The van der Waals surface area contributed by atoms with Crippen LogP contribution in [0.25, 0.3) is 0 Å². The van der Waals surface area contributed by atoms with Crippen LogP contribution in [0.5, 0.6) is 0 Å². The molecule has 82 valence electrons. The Morgan fingerprint density at radius 3 is 2.93 bits per heavy atom. The number of carbonyl (C=O) groups is 1. The zero-order chi connectivity index (χ0) is 11.3. The quantitative estimate of drug-likeness (QED) is 0.629. The number of hydrogen-bond acceptors (Lipinski definition) is 3. The van der Waals surface area contributed by atoms with Crippen LogP contribution in [0.3, 0.4) is 0 Å². The zero-order valence-electron chi connectivity index (χ0n) is 8.13. The number of carbonyl (C=O) groups excluding carboxylic acids is 1. The van der Waals surface area contributed by atoms with E-state index < -0.39 is 0 Å². The molecule has 0 spiro atoms. The van der Waals surface area contributed by atoms with Crippen molar-refractivity contribution in [3.8, 4) is 0 Å². The molecule has 0 N–H and O–H groups in total. The van der Waals surface area contributed by atoms with E-state index >= 15 is 0 Å². The highest BCUT2D eigenvalue weighted by molar-refractivity contribution is 9.10. The molecule has 0 heterocycles. The Bertz CT molecular complexity index is 357. The van der Waals surface area contributed by atoms with Gasteiger partial charge in [0, 0.05) is 4.90 Å². The largest absolute Gasteiger partial charge is 0.465 e. The van der Waals surface area contributed by atoms with Gasteiger partial charge in [0.05, 0.1) is 16.8 Å². The molecule has 1 aromatic rings. The summed E-state index contributed by atoms with van der Waals surface area (Å²) in [5.74, 6) is -0.329. The fourth-order valence-corrected chi connectivity index (χ4v) is 2.18. The maximum Gasteiger partial charge on any atom is 0.316 e. The Balaban J connectivity index is 2.51. The van der Waals surface area contributed by atoms with Crippen molar-refractivity contribution in [2.24, 2.45) is 0 Å². The van der Waals surface area contributed by atoms with E-state index in [1.165, 1.54) is 17.8 Å². The maximum absolute atomic E-state index is 12.9. The minimum absolute atomic E-state index is 0.242. The Morgan fingerprint density at radius 2 is 2.33 bits per heavy atom. The monoisotopic (exact) mass is 292 g/mol. The molecule has 0 saturated heterocycles. The maximum atomic E-state index is 12.9. The molecule has 0 saturated carbocycles. The standard InChI is InChI=1S/C10H10BrFO2S/c1-2-14-10(13)6-15-7-3-4-9(12)8(11)5-7/h3-5H,2,6H2,1H3. The number of halogens is 2. The van der Waals surface area contributed by atoms with E-state index in [0.717, 1.165) is 4.90 Å². The van der Waals surface area contributed by atoms with Gasteiger partial charge in [-0.15, -0.1) is 11.8 Å². The van der Waals surface area contributed by atoms with Crippen LogP contribution < -0.4 is 0 Å². The van der Waals surface area contributed by atoms with Crippen LogP contribution in [0, 0.1) is 5.82 Å². The first-order valence-electron chi connectivity index (χ1n) is 4.37. The van der Waals surface area contributed by atoms with Crippen LogP contribution in [-0.4, -0.2) is 18.3 Å². The molecule has 2 nitrogen and oxygen atoms in total. The molecular weight excluding hydrogens is 283 g/mol. The number of thioether (sulfide) groups is 1. The average molecular weight is 293 g/mol. The summed E-state index contributed by atoms with van der Waals surface area (Å²) in [4.78, 5) is 11.9. The number of benzene rings is 1. The lowest BCUT2D eigenvalue weighted by atomic mass is 10.3. The topological polar surface area (TPSA) is 26.3 Å². The van der Waals surface area contributed by atoms with Crippen molar-refractivity contribution in [1.82, 2.24) is 0 Å². The number of rotatable bonds is 4. The Morgan fingerprint density at radius 1 is 1.60 bits per heavy atom. The molecule has 5 heteroatoms. The van der Waals surface area contributed by atoms with Gasteiger partial charge in [0.15, 0.2) is 0 Å². The highest BCUT2D eigenvalue weighted by Crippen LogP contribution is 2.24. The molecule has 0 aliphatic carbocycles. The summed E-state index contributed by atoms with van der Waals surface area (Å²) in [6, 6.07) is 4.63. The van der Waals surface area contributed by atoms with Crippen LogP contribution >= 0.6 is 27.7 Å². The fraction of sp³-hybridized carbons (Fsp3) is 0.300. The van der Waals surface area contributed by atoms with Gasteiger partial charge in [-0.05, 0) is 41.1 Å². The van der Waals surface area contributed by atoms with Crippen molar-refractivity contribution in [2.75, 3.05) is 12.4 Å². The minimum Gasteiger partial charge on any atom is -0.465 e. The highest BCUT2D eigenvalue weighted by Gasteiger charge is 2.05. The van der Waals surface area contributed by atoms with Crippen molar-refractivity contribution < 1.29 is 13.9 Å². The van der Waals surface area contributed by atoms with E-state index in [4.69, 9.17) is 4.74 Å². The third-order valence-corrected chi connectivity index (χ3v) is 3.13. The van der Waals surface area contributed by atoms with E-state index in [1.807, 2.05) is 0 Å². The summed E-state index contributed by atoms with van der Waals surface area (Å²) in [6.45, 7) is 2.14. The van der Waals surface area contributed by atoms with E-state index in [9.17, 15) is 9.18 Å². The predicted octanol–water partition coefficient (Wildman–Crippen LogP) is 3.24. The zero-order valence-corrected chi connectivity index (χ0v) is 10.5. The average Bonchev–Trinajstić information content (AvgIpc) is 2.20. The second-order valence-electron chi connectivity index (χ2n) is 2.67. The van der Waals surface area contributed by atoms with E-state index in [-0.39, 0.29) is 17.5 Å². The smallest absolute Gasteiger partial charge is 0.316 e. The highest BCUT2D eigenvalue weighted by atomic mass is 79.9. The number of esters is 1. The summed E-state index contributed by atoms with van der Waals surface area (Å²) < 4.78 is 18.0. The van der Waals surface area contributed by atoms with Crippen LogP contribution in [0.2, 0.25) is 0 Å². The molecular formula is C10H10BrFO2S. The fourth-order valence-electron chi connectivity index (χ4n) is 0.912. The Labute approximate surface area is 100 Å². The van der Waals surface area contributed by atoms with Crippen LogP contribution in [0.15, 0.2) is 27.6 Å². The number of hydrogen-bond donors (Lipinski definition) is 0. The molecule has 0 atom stereocenters. The van der Waals surface area contributed by atoms with Crippen molar-refractivity contribution in [2.45, 2.75) is 11.8 Å². The molecule has 0 aliphatic rings. The molecule has 1 aromatic carbocycles. The van der Waals surface area contributed by atoms with E-state index in [2.05, 4.69) is 15.9 Å². The van der Waals surface area contributed by atoms with Gasteiger partial charge in [0.25, 0.3) is 0 Å². The molecule has 0 amide bonds. The summed E-state index contributed by atoms with van der Waals surface area (Å²) in [7, 11) is 0. The second-order valence-corrected chi connectivity index (χ2v) is 4.57. The summed E-state index contributed by atoms with van der Waals surface area (Å²) in [5, 5.41) is 0. The molecule has 0 aromatic heterocycles. The van der Waals surface area contributed by atoms with E-state index in [0.29, 0.717) is 11.1 Å². The lowest BCUT2D eigenvalue weighted by molar-refractivity contribution is -0.139. The summed E-state index contributed by atoms with van der Waals surface area (Å²) in [6.07, 6.45) is 0. The van der Waals surface area contributed by atoms with Gasteiger partial charge < -0.3 is 4.74 Å². The molecule has 0 bridgehead atoms. The normalized spacial score (nSPS) is 10.1. The third-order valence-electron chi connectivity index (χ3n) is 1.55. The van der Waals surface area contributed by atoms with Crippen molar-refractivity contribution in [3.05, 3.63) is 28.5 Å². The van der Waals surface area contributed by atoms with Crippen LogP contribution in [0.1, 0.15) is 6.92 Å². The molecule has 0 fully saturated rings. The molecule has 0 aliphatic heterocycles. The molecule has 15 heavy (non-hydrogen) atoms. The minimum atomic E-state index is -0.310. The van der Waals surface area contributed by atoms with E-state index in [1.54, 1.807) is 19.1 Å². The van der Waals surface area contributed by atoms with Crippen molar-refractivity contribution in [1.29, 1.82) is 0 Å². The summed E-state index contributed by atoms with van der Waals surface area (Å²) >= 11 is 4.40. The first-order valence-corrected chi connectivity index (χ1v) is 6.14. The molecule has 0 radical (unpaired) electrons. The Kier molecular flexibility index (Phi) is 5.11. The lowest BCUT2D eigenvalue weighted by Gasteiger charge is -2.02. The van der Waals surface area contributed by atoms with Crippen molar-refractivity contribution in [3.63, 3.8) is 0 Å². The van der Waals surface area contributed by atoms with Gasteiger partial charge in [-0.1, -0.05) is 0 Å². The third kappa shape index (κ3) is 4.22.